The Labute approximate surface area is 96.9 Å². The highest BCUT2D eigenvalue weighted by atomic mass is 16.5. The zero-order chi connectivity index (χ0) is 12.0. The summed E-state index contributed by atoms with van der Waals surface area (Å²) in [6.07, 6.45) is 1.23. The predicted octanol–water partition coefficient (Wildman–Crippen LogP) is 1.61. The van der Waals surface area contributed by atoms with Crippen molar-refractivity contribution < 1.29 is 9.84 Å². The largest absolute Gasteiger partial charge is 0.389 e. The van der Waals surface area contributed by atoms with Crippen LogP contribution in [0.15, 0.2) is 18.3 Å². The van der Waals surface area contributed by atoms with Gasteiger partial charge >= 0.3 is 0 Å². The molecule has 1 N–H and O–H groups in total. The summed E-state index contributed by atoms with van der Waals surface area (Å²) < 4.78 is 5.29. The van der Waals surface area contributed by atoms with E-state index in [1.807, 2.05) is 31.0 Å². The maximum absolute atomic E-state index is 9.63. The van der Waals surface area contributed by atoms with Gasteiger partial charge in [0.25, 0.3) is 0 Å². The molecule has 0 spiro atoms. The van der Waals surface area contributed by atoms with Crippen molar-refractivity contribution in [3.63, 3.8) is 0 Å². The second kappa shape index (κ2) is 6.45. The molecule has 0 saturated heterocycles. The van der Waals surface area contributed by atoms with Crippen molar-refractivity contribution >= 4 is 5.82 Å². The highest BCUT2D eigenvalue weighted by Crippen LogP contribution is 2.22. The number of aliphatic hydroxyl groups excluding tert-OH is 1. The maximum Gasteiger partial charge on any atom is 0.134 e. The molecule has 16 heavy (non-hydrogen) atoms. The molecule has 90 valence electrons. The lowest BCUT2D eigenvalue weighted by molar-refractivity contribution is 0.154. The van der Waals surface area contributed by atoms with Crippen LogP contribution in [0.3, 0.4) is 0 Å². The van der Waals surface area contributed by atoms with E-state index < -0.39 is 6.10 Å². The molecule has 1 rings (SSSR count). The van der Waals surface area contributed by atoms with Crippen LogP contribution in [0, 0.1) is 0 Å². The second-order valence-electron chi connectivity index (χ2n) is 3.71. The van der Waals surface area contributed by atoms with E-state index in [4.69, 9.17) is 4.74 Å². The Morgan fingerprint density at radius 2 is 2.31 bits per heavy atom. The number of aliphatic hydroxyl groups is 1. The van der Waals surface area contributed by atoms with E-state index in [1.165, 1.54) is 0 Å². The minimum Gasteiger partial charge on any atom is -0.389 e. The standard InChI is InChI=1S/C12H20N2O2/c1-4-16-9-8-14(3)12-11(10(2)15)6-5-7-13-12/h5-7,10,15H,4,8-9H2,1-3H3/t10-/m0/s1. The molecule has 0 unspecified atom stereocenters. The Bertz CT molecular complexity index is 316. The summed E-state index contributed by atoms with van der Waals surface area (Å²) in [6.45, 7) is 5.88. The zero-order valence-corrected chi connectivity index (χ0v) is 10.2. The molecule has 0 amide bonds. The monoisotopic (exact) mass is 224 g/mol. The Balaban J connectivity index is 2.70. The van der Waals surface area contributed by atoms with Gasteiger partial charge in [-0.25, -0.2) is 4.98 Å². The fraction of sp³-hybridized carbons (Fsp3) is 0.583. The molecular formula is C12H20N2O2. The van der Waals surface area contributed by atoms with Crippen molar-refractivity contribution in [2.45, 2.75) is 20.0 Å². The first-order valence-corrected chi connectivity index (χ1v) is 5.58. The van der Waals surface area contributed by atoms with E-state index >= 15 is 0 Å². The van der Waals surface area contributed by atoms with E-state index in [2.05, 4.69) is 4.98 Å². The van der Waals surface area contributed by atoms with Crippen molar-refractivity contribution in [2.24, 2.45) is 0 Å². The number of aromatic nitrogens is 1. The normalized spacial score (nSPS) is 12.5. The van der Waals surface area contributed by atoms with Crippen molar-refractivity contribution in [1.29, 1.82) is 0 Å². The third-order valence-corrected chi connectivity index (χ3v) is 2.40. The molecule has 0 bridgehead atoms. The van der Waals surface area contributed by atoms with E-state index in [9.17, 15) is 5.11 Å². The molecule has 0 radical (unpaired) electrons. The number of rotatable bonds is 6. The molecular weight excluding hydrogens is 204 g/mol. The lowest BCUT2D eigenvalue weighted by Gasteiger charge is -2.21. The smallest absolute Gasteiger partial charge is 0.134 e. The van der Waals surface area contributed by atoms with E-state index in [0.717, 1.165) is 24.5 Å². The van der Waals surface area contributed by atoms with Crippen LogP contribution < -0.4 is 4.90 Å². The van der Waals surface area contributed by atoms with Crippen LogP contribution in [0.4, 0.5) is 5.82 Å². The van der Waals surface area contributed by atoms with E-state index in [-0.39, 0.29) is 0 Å². The molecule has 1 heterocycles. The number of hydrogen-bond acceptors (Lipinski definition) is 4. The number of ether oxygens (including phenoxy) is 1. The Morgan fingerprint density at radius 1 is 1.56 bits per heavy atom. The zero-order valence-electron chi connectivity index (χ0n) is 10.2. The SMILES string of the molecule is CCOCCN(C)c1ncccc1[C@H](C)O. The average molecular weight is 224 g/mol. The highest BCUT2D eigenvalue weighted by molar-refractivity contribution is 5.46. The summed E-state index contributed by atoms with van der Waals surface area (Å²) in [4.78, 5) is 6.29. The number of hydrogen-bond donors (Lipinski definition) is 1. The highest BCUT2D eigenvalue weighted by Gasteiger charge is 2.11. The van der Waals surface area contributed by atoms with Gasteiger partial charge in [-0.05, 0) is 19.9 Å². The fourth-order valence-corrected chi connectivity index (χ4v) is 1.51. The van der Waals surface area contributed by atoms with Crippen molar-refractivity contribution in [3.05, 3.63) is 23.9 Å². The topological polar surface area (TPSA) is 45.6 Å². The van der Waals surface area contributed by atoms with Gasteiger partial charge in [-0.3, -0.25) is 0 Å². The number of nitrogens with zero attached hydrogens (tertiary/aromatic N) is 2. The maximum atomic E-state index is 9.63. The molecule has 0 aromatic carbocycles. The van der Waals surface area contributed by atoms with Gasteiger partial charge in [0.1, 0.15) is 5.82 Å². The lowest BCUT2D eigenvalue weighted by Crippen LogP contribution is -2.25. The van der Waals surface area contributed by atoms with Crippen molar-refractivity contribution in [1.82, 2.24) is 4.98 Å². The predicted molar refractivity (Wildman–Crippen MR) is 64.6 cm³/mol. The molecule has 4 heteroatoms. The van der Waals surface area contributed by atoms with Gasteiger partial charge in [0.15, 0.2) is 0 Å². The minimum absolute atomic E-state index is 0.502. The summed E-state index contributed by atoms with van der Waals surface area (Å²) in [7, 11) is 1.95. The summed E-state index contributed by atoms with van der Waals surface area (Å²) in [5.41, 5.74) is 0.849. The summed E-state index contributed by atoms with van der Waals surface area (Å²) in [6, 6.07) is 3.73. The average Bonchev–Trinajstić information content (AvgIpc) is 2.29. The molecule has 0 aliphatic heterocycles. The molecule has 0 fully saturated rings. The third-order valence-electron chi connectivity index (χ3n) is 2.40. The van der Waals surface area contributed by atoms with Crippen LogP contribution in [-0.4, -0.2) is 36.9 Å². The number of anilines is 1. The summed E-state index contributed by atoms with van der Waals surface area (Å²) >= 11 is 0. The first kappa shape index (κ1) is 12.9. The molecule has 1 aromatic rings. The first-order valence-electron chi connectivity index (χ1n) is 5.58. The van der Waals surface area contributed by atoms with E-state index in [1.54, 1.807) is 13.1 Å². The van der Waals surface area contributed by atoms with Crippen LogP contribution in [-0.2, 0) is 4.74 Å². The Hall–Kier alpha value is -1.13. The summed E-state index contributed by atoms with van der Waals surface area (Å²) in [5, 5.41) is 9.63. The summed E-state index contributed by atoms with van der Waals surface area (Å²) in [5.74, 6) is 0.817. The van der Waals surface area contributed by atoms with Gasteiger partial charge in [-0.15, -0.1) is 0 Å². The molecule has 0 aliphatic rings. The number of pyridine rings is 1. The quantitative estimate of drug-likeness (QED) is 0.746. The third kappa shape index (κ3) is 3.47. The molecule has 4 nitrogen and oxygen atoms in total. The van der Waals surface area contributed by atoms with Gasteiger partial charge in [0.2, 0.25) is 0 Å². The van der Waals surface area contributed by atoms with Crippen LogP contribution >= 0.6 is 0 Å². The van der Waals surface area contributed by atoms with Crippen molar-refractivity contribution in [3.8, 4) is 0 Å². The van der Waals surface area contributed by atoms with Gasteiger partial charge in [-0.1, -0.05) is 6.07 Å². The molecule has 1 atom stereocenters. The van der Waals surface area contributed by atoms with Crippen LogP contribution in [0.2, 0.25) is 0 Å². The van der Waals surface area contributed by atoms with Crippen LogP contribution in [0.5, 0.6) is 0 Å². The van der Waals surface area contributed by atoms with Crippen molar-refractivity contribution in [2.75, 3.05) is 31.7 Å². The lowest BCUT2D eigenvalue weighted by atomic mass is 10.1. The van der Waals surface area contributed by atoms with Gasteiger partial charge < -0.3 is 14.7 Å². The Morgan fingerprint density at radius 3 is 2.94 bits per heavy atom. The van der Waals surface area contributed by atoms with E-state index in [0.29, 0.717) is 6.61 Å². The number of likely N-dealkylation sites (N-methyl/N-ethyl adjacent to an activating group) is 1. The first-order chi connectivity index (χ1) is 7.66. The second-order valence-corrected chi connectivity index (χ2v) is 3.71. The van der Waals surface area contributed by atoms with Gasteiger partial charge in [0.05, 0.1) is 12.7 Å². The molecule has 0 aliphatic carbocycles. The van der Waals surface area contributed by atoms with Crippen LogP contribution in [0.25, 0.3) is 0 Å². The molecule has 1 aromatic heterocycles. The fourth-order valence-electron chi connectivity index (χ4n) is 1.51. The Kier molecular flexibility index (Phi) is 5.22. The van der Waals surface area contributed by atoms with Gasteiger partial charge in [-0.2, -0.15) is 0 Å². The van der Waals surface area contributed by atoms with Crippen LogP contribution in [0.1, 0.15) is 25.5 Å². The van der Waals surface area contributed by atoms with Gasteiger partial charge in [0, 0.05) is 32.0 Å². The minimum atomic E-state index is -0.502. The molecule has 0 saturated carbocycles.